The molecule has 0 radical (unpaired) electrons. The monoisotopic (exact) mass is 326 g/mol. The second-order valence-electron chi connectivity index (χ2n) is 7.35. The number of hydrogen-bond donors (Lipinski definition) is 1. The number of rotatable bonds is 5. The van der Waals surface area contributed by atoms with Crippen LogP contribution >= 0.6 is 0 Å². The quantitative estimate of drug-likeness (QED) is 0.623. The molecule has 1 atom stereocenters. The van der Waals surface area contributed by atoms with Gasteiger partial charge in [-0.1, -0.05) is 26.8 Å². The van der Waals surface area contributed by atoms with Gasteiger partial charge in [0.2, 0.25) is 0 Å². The second kappa shape index (κ2) is 6.96. The number of nitrogens with zero attached hydrogens (tertiary/aromatic N) is 1. The highest BCUT2D eigenvalue weighted by atomic mass is 28.4. The SMILES string of the molecule is CCNC(=O)C1=CC[C@H](CO[Si](C)(C)C(C)(C)C)N(C)C1=O. The van der Waals surface area contributed by atoms with E-state index in [9.17, 15) is 9.59 Å². The largest absolute Gasteiger partial charge is 0.415 e. The summed E-state index contributed by atoms with van der Waals surface area (Å²) >= 11 is 0. The molecule has 0 saturated carbocycles. The van der Waals surface area contributed by atoms with Crippen LogP contribution in [0.1, 0.15) is 34.1 Å². The summed E-state index contributed by atoms with van der Waals surface area (Å²) < 4.78 is 6.21. The first-order chi connectivity index (χ1) is 10.0. The molecule has 0 unspecified atom stereocenters. The third-order valence-electron chi connectivity index (χ3n) is 4.72. The van der Waals surface area contributed by atoms with E-state index < -0.39 is 8.32 Å². The van der Waals surface area contributed by atoms with Gasteiger partial charge in [-0.3, -0.25) is 9.59 Å². The summed E-state index contributed by atoms with van der Waals surface area (Å²) in [5, 5.41) is 2.82. The Morgan fingerprint density at radius 2 is 2.05 bits per heavy atom. The Hall–Kier alpha value is -1.14. The fourth-order valence-electron chi connectivity index (χ4n) is 2.00. The highest BCUT2D eigenvalue weighted by molar-refractivity contribution is 6.74. The predicted octanol–water partition coefficient (Wildman–Crippen LogP) is 2.30. The van der Waals surface area contributed by atoms with Crippen molar-refractivity contribution in [3.8, 4) is 0 Å². The Bertz CT molecular complexity index is 467. The molecule has 1 N–H and O–H groups in total. The van der Waals surface area contributed by atoms with Crippen LogP contribution in [0.4, 0.5) is 0 Å². The summed E-state index contributed by atoms with van der Waals surface area (Å²) in [4.78, 5) is 25.8. The van der Waals surface area contributed by atoms with Gasteiger partial charge >= 0.3 is 0 Å². The van der Waals surface area contributed by atoms with Crippen LogP contribution in [0.3, 0.4) is 0 Å². The smallest absolute Gasteiger partial charge is 0.259 e. The minimum Gasteiger partial charge on any atom is -0.415 e. The number of amides is 2. The molecule has 1 rings (SSSR count). The summed E-state index contributed by atoms with van der Waals surface area (Å²) in [6.07, 6.45) is 2.40. The van der Waals surface area contributed by atoms with E-state index in [0.29, 0.717) is 19.6 Å². The molecule has 0 fully saturated rings. The van der Waals surface area contributed by atoms with Crippen LogP contribution in [0, 0.1) is 0 Å². The Kier molecular flexibility index (Phi) is 5.98. The van der Waals surface area contributed by atoms with Crippen molar-refractivity contribution in [3.05, 3.63) is 11.6 Å². The minimum absolute atomic E-state index is 0.000184. The lowest BCUT2D eigenvalue weighted by molar-refractivity contribution is -0.132. The van der Waals surface area contributed by atoms with E-state index in [4.69, 9.17) is 4.43 Å². The Morgan fingerprint density at radius 3 is 2.55 bits per heavy atom. The van der Waals surface area contributed by atoms with Gasteiger partial charge in [-0.2, -0.15) is 0 Å². The third kappa shape index (κ3) is 4.20. The number of carbonyl (C=O) groups is 2. The van der Waals surface area contributed by atoms with Gasteiger partial charge in [0.15, 0.2) is 8.32 Å². The number of likely N-dealkylation sites (N-methyl/N-ethyl adjacent to an activating group) is 2. The zero-order valence-electron chi connectivity index (χ0n) is 14.9. The molecule has 1 aliphatic rings. The van der Waals surface area contributed by atoms with Crippen molar-refractivity contribution < 1.29 is 14.0 Å². The number of nitrogens with one attached hydrogen (secondary N) is 1. The summed E-state index contributed by atoms with van der Waals surface area (Å²) in [7, 11) is -0.0856. The maximum Gasteiger partial charge on any atom is 0.259 e. The fraction of sp³-hybridized carbons (Fsp3) is 0.750. The van der Waals surface area contributed by atoms with E-state index in [1.807, 2.05) is 6.92 Å². The summed E-state index contributed by atoms with van der Waals surface area (Å²) in [6, 6.07) is -0.000184. The van der Waals surface area contributed by atoms with Gasteiger partial charge in [-0.15, -0.1) is 0 Å². The van der Waals surface area contributed by atoms with Gasteiger partial charge < -0.3 is 14.6 Å². The fourth-order valence-corrected chi connectivity index (χ4v) is 3.04. The van der Waals surface area contributed by atoms with Gasteiger partial charge in [0.05, 0.1) is 12.6 Å². The van der Waals surface area contributed by atoms with Crippen LogP contribution in [0.15, 0.2) is 11.6 Å². The van der Waals surface area contributed by atoms with Gasteiger partial charge in [0.25, 0.3) is 11.8 Å². The maximum absolute atomic E-state index is 12.3. The molecule has 0 bridgehead atoms. The lowest BCUT2D eigenvalue weighted by Crippen LogP contribution is -2.49. The Labute approximate surface area is 135 Å². The Balaban J connectivity index is 2.73. The number of hydrogen-bond acceptors (Lipinski definition) is 3. The molecule has 1 aliphatic heterocycles. The van der Waals surface area contributed by atoms with Crippen LogP contribution < -0.4 is 5.32 Å². The Morgan fingerprint density at radius 1 is 1.45 bits per heavy atom. The number of carbonyl (C=O) groups excluding carboxylic acids is 2. The van der Waals surface area contributed by atoms with Crippen molar-refractivity contribution in [2.24, 2.45) is 0 Å². The van der Waals surface area contributed by atoms with Crippen LogP contribution in [-0.2, 0) is 14.0 Å². The molecule has 0 saturated heterocycles. The normalized spacial score (nSPS) is 20.0. The molecular formula is C16H30N2O3Si. The van der Waals surface area contributed by atoms with E-state index in [-0.39, 0.29) is 28.5 Å². The van der Waals surface area contributed by atoms with E-state index >= 15 is 0 Å². The molecule has 22 heavy (non-hydrogen) atoms. The third-order valence-corrected chi connectivity index (χ3v) is 9.22. The van der Waals surface area contributed by atoms with Gasteiger partial charge in [0, 0.05) is 13.6 Å². The zero-order valence-corrected chi connectivity index (χ0v) is 15.9. The first-order valence-corrected chi connectivity index (χ1v) is 10.8. The summed E-state index contributed by atoms with van der Waals surface area (Å²) in [6.45, 7) is 13.9. The van der Waals surface area contributed by atoms with Crippen molar-refractivity contribution in [2.75, 3.05) is 20.2 Å². The molecule has 0 aromatic carbocycles. The molecule has 5 nitrogen and oxygen atoms in total. The molecule has 1 heterocycles. The van der Waals surface area contributed by atoms with Crippen molar-refractivity contribution in [2.45, 2.75) is 58.3 Å². The first-order valence-electron chi connectivity index (χ1n) is 7.90. The second-order valence-corrected chi connectivity index (χ2v) is 12.2. The van der Waals surface area contributed by atoms with E-state index in [0.717, 1.165) is 0 Å². The molecular weight excluding hydrogens is 296 g/mol. The lowest BCUT2D eigenvalue weighted by Gasteiger charge is -2.39. The molecule has 0 aromatic rings. The average Bonchev–Trinajstić information content (AvgIpc) is 2.39. The maximum atomic E-state index is 12.3. The highest BCUT2D eigenvalue weighted by Gasteiger charge is 2.39. The van der Waals surface area contributed by atoms with Crippen molar-refractivity contribution in [1.29, 1.82) is 0 Å². The minimum atomic E-state index is -1.83. The molecule has 126 valence electrons. The zero-order chi connectivity index (χ0) is 17.1. The lowest BCUT2D eigenvalue weighted by atomic mass is 10.0. The first kappa shape index (κ1) is 18.9. The predicted molar refractivity (Wildman–Crippen MR) is 91.1 cm³/mol. The standard InChI is InChI=1S/C16H30N2O3Si/c1-8-17-14(19)13-10-9-12(18(5)15(13)20)11-21-22(6,7)16(2,3)4/h10,12H,8-9,11H2,1-7H3,(H,17,19)/t12-/m1/s1. The molecule has 0 spiro atoms. The molecule has 6 heteroatoms. The topological polar surface area (TPSA) is 58.6 Å². The van der Waals surface area contributed by atoms with Crippen molar-refractivity contribution >= 4 is 20.1 Å². The molecule has 2 amide bonds. The highest BCUT2D eigenvalue weighted by Crippen LogP contribution is 2.36. The van der Waals surface area contributed by atoms with Gasteiger partial charge in [-0.05, 0) is 31.5 Å². The van der Waals surface area contributed by atoms with Crippen molar-refractivity contribution in [1.82, 2.24) is 10.2 Å². The van der Waals surface area contributed by atoms with E-state index in [2.05, 4.69) is 39.2 Å². The summed E-state index contributed by atoms with van der Waals surface area (Å²) in [5.74, 6) is -0.510. The van der Waals surface area contributed by atoms with Gasteiger partial charge in [-0.25, -0.2) is 0 Å². The summed E-state index contributed by atoms with van der Waals surface area (Å²) in [5.41, 5.74) is 0.243. The van der Waals surface area contributed by atoms with Crippen molar-refractivity contribution in [3.63, 3.8) is 0 Å². The molecule has 0 aromatic heterocycles. The van der Waals surface area contributed by atoms with E-state index in [1.165, 1.54) is 0 Å². The van der Waals surface area contributed by atoms with E-state index in [1.54, 1.807) is 18.0 Å². The van der Waals surface area contributed by atoms with Crippen LogP contribution in [-0.4, -0.2) is 51.3 Å². The van der Waals surface area contributed by atoms with Crippen LogP contribution in [0.2, 0.25) is 18.1 Å². The van der Waals surface area contributed by atoms with Crippen LogP contribution in [0.5, 0.6) is 0 Å². The van der Waals surface area contributed by atoms with Crippen LogP contribution in [0.25, 0.3) is 0 Å². The molecule has 0 aliphatic carbocycles. The average molecular weight is 327 g/mol. The van der Waals surface area contributed by atoms with Gasteiger partial charge in [0.1, 0.15) is 5.57 Å².